The highest BCUT2D eigenvalue weighted by atomic mass is 16.4. The molecule has 0 saturated carbocycles. The van der Waals surface area contributed by atoms with E-state index in [1.807, 2.05) is 18.2 Å². The molecule has 0 atom stereocenters. The number of carboxylic acid groups (broad SMARTS) is 1. The monoisotopic (exact) mass is 332 g/mol. The summed E-state index contributed by atoms with van der Waals surface area (Å²) in [6.45, 7) is 2.27. The van der Waals surface area contributed by atoms with E-state index >= 15 is 0 Å². The lowest BCUT2D eigenvalue weighted by atomic mass is 10.1. The number of hydrogen-bond acceptors (Lipinski definition) is 1. The number of rotatable bonds is 16. The Bertz CT molecular complexity index is 389. The van der Waals surface area contributed by atoms with Crippen molar-refractivity contribution in [3.05, 3.63) is 48.6 Å². The predicted molar refractivity (Wildman–Crippen MR) is 105 cm³/mol. The number of hydrogen-bond donors (Lipinski definition) is 1. The second kappa shape index (κ2) is 19.5. The van der Waals surface area contributed by atoms with Crippen molar-refractivity contribution in [1.82, 2.24) is 0 Å². The van der Waals surface area contributed by atoms with Crippen molar-refractivity contribution in [2.45, 2.75) is 84.0 Å². The van der Waals surface area contributed by atoms with Crippen molar-refractivity contribution in [1.29, 1.82) is 0 Å². The summed E-state index contributed by atoms with van der Waals surface area (Å²) in [5.74, 6) is -0.921. The van der Waals surface area contributed by atoms with Crippen molar-refractivity contribution in [2.24, 2.45) is 0 Å². The summed E-state index contributed by atoms with van der Waals surface area (Å²) < 4.78 is 0. The van der Waals surface area contributed by atoms with Crippen molar-refractivity contribution < 1.29 is 9.90 Å². The quantitative estimate of drug-likeness (QED) is 0.188. The summed E-state index contributed by atoms with van der Waals surface area (Å²) in [6.07, 6.45) is 30.7. The molecule has 0 rings (SSSR count). The summed E-state index contributed by atoms with van der Waals surface area (Å²) in [4.78, 5) is 10.2. The molecule has 0 saturated heterocycles. The Morgan fingerprint density at radius 2 is 1.12 bits per heavy atom. The average molecular weight is 333 g/mol. The third-order valence-electron chi connectivity index (χ3n) is 3.90. The topological polar surface area (TPSA) is 37.3 Å². The number of carboxylic acids is 1. The van der Waals surface area contributed by atoms with E-state index in [2.05, 4.69) is 19.1 Å². The van der Waals surface area contributed by atoms with Gasteiger partial charge in [0.15, 0.2) is 0 Å². The number of allylic oxidation sites excluding steroid dienone is 7. The van der Waals surface area contributed by atoms with Crippen LogP contribution in [-0.4, -0.2) is 11.1 Å². The van der Waals surface area contributed by atoms with Gasteiger partial charge in [-0.15, -0.1) is 0 Å². The molecule has 0 aliphatic rings. The van der Waals surface area contributed by atoms with Crippen LogP contribution in [0.4, 0.5) is 0 Å². The molecule has 2 heteroatoms. The fraction of sp³-hybridized carbons (Fsp3) is 0.591. The standard InChI is InChI=1S/C22H36O2/c1-2-3-4-5-6-7-8-9-10-11-12-13-14-15-16-17-18-19-20-21-22(23)24/h14-21H,2-13H2,1H3,(H,23,24)/b15-14+,17-16+,19-18+,21-20+. The molecule has 0 unspecified atom stereocenters. The largest absolute Gasteiger partial charge is 0.478 e. The van der Waals surface area contributed by atoms with E-state index in [1.54, 1.807) is 6.08 Å². The Hall–Kier alpha value is -1.57. The molecule has 24 heavy (non-hydrogen) atoms. The van der Waals surface area contributed by atoms with Gasteiger partial charge in [-0.2, -0.15) is 0 Å². The normalized spacial score (nSPS) is 12.4. The van der Waals surface area contributed by atoms with Gasteiger partial charge in [0.25, 0.3) is 0 Å². The molecule has 0 aliphatic carbocycles. The van der Waals surface area contributed by atoms with E-state index in [4.69, 9.17) is 5.11 Å². The van der Waals surface area contributed by atoms with Crippen LogP contribution in [-0.2, 0) is 4.79 Å². The van der Waals surface area contributed by atoms with E-state index in [0.29, 0.717) is 0 Å². The summed E-state index contributed by atoms with van der Waals surface area (Å²) in [5, 5.41) is 8.41. The maximum absolute atomic E-state index is 10.2. The van der Waals surface area contributed by atoms with Crippen LogP contribution in [0.25, 0.3) is 0 Å². The zero-order valence-electron chi connectivity index (χ0n) is 15.5. The van der Waals surface area contributed by atoms with Gasteiger partial charge in [0.05, 0.1) is 0 Å². The van der Waals surface area contributed by atoms with Gasteiger partial charge < -0.3 is 5.11 Å². The minimum atomic E-state index is -0.921. The van der Waals surface area contributed by atoms with E-state index < -0.39 is 5.97 Å². The summed E-state index contributed by atoms with van der Waals surface area (Å²) >= 11 is 0. The Morgan fingerprint density at radius 3 is 1.67 bits per heavy atom. The molecular weight excluding hydrogens is 296 g/mol. The minimum Gasteiger partial charge on any atom is -0.478 e. The molecular formula is C22H36O2. The lowest BCUT2D eigenvalue weighted by Gasteiger charge is -2.01. The second-order valence-electron chi connectivity index (χ2n) is 6.22. The molecule has 1 N–H and O–H groups in total. The average Bonchev–Trinajstić information content (AvgIpc) is 2.56. The van der Waals surface area contributed by atoms with Gasteiger partial charge >= 0.3 is 5.97 Å². The van der Waals surface area contributed by atoms with Crippen LogP contribution < -0.4 is 0 Å². The van der Waals surface area contributed by atoms with E-state index in [0.717, 1.165) is 12.5 Å². The van der Waals surface area contributed by atoms with Crippen LogP contribution in [0, 0.1) is 0 Å². The van der Waals surface area contributed by atoms with Gasteiger partial charge in [0.2, 0.25) is 0 Å². The Balaban J connectivity index is 3.30. The van der Waals surface area contributed by atoms with Crippen LogP contribution in [0.1, 0.15) is 84.0 Å². The molecule has 0 aromatic carbocycles. The molecule has 0 aromatic rings. The predicted octanol–water partition coefficient (Wildman–Crippen LogP) is 7.00. The maximum Gasteiger partial charge on any atom is 0.328 e. The van der Waals surface area contributed by atoms with E-state index in [1.165, 1.54) is 76.7 Å². The highest BCUT2D eigenvalue weighted by molar-refractivity contribution is 5.80. The van der Waals surface area contributed by atoms with Crippen molar-refractivity contribution in [2.75, 3.05) is 0 Å². The smallest absolute Gasteiger partial charge is 0.328 e. The van der Waals surface area contributed by atoms with Crippen molar-refractivity contribution >= 4 is 5.97 Å². The SMILES string of the molecule is CCCCCCCCCCCCC/C=C/C=C/C=C/C=C/C(=O)O. The van der Waals surface area contributed by atoms with Crippen LogP contribution in [0.2, 0.25) is 0 Å². The molecule has 136 valence electrons. The third kappa shape index (κ3) is 20.4. The molecule has 0 spiro atoms. The van der Waals surface area contributed by atoms with Gasteiger partial charge in [-0.25, -0.2) is 4.79 Å². The molecule has 0 heterocycles. The minimum absolute atomic E-state index is 0.921. The lowest BCUT2D eigenvalue weighted by Crippen LogP contribution is -1.84. The Morgan fingerprint density at radius 1 is 0.667 bits per heavy atom. The molecule has 0 bridgehead atoms. The highest BCUT2D eigenvalue weighted by Crippen LogP contribution is 2.11. The lowest BCUT2D eigenvalue weighted by molar-refractivity contribution is -0.131. The van der Waals surface area contributed by atoms with Crippen LogP contribution in [0.15, 0.2) is 48.6 Å². The van der Waals surface area contributed by atoms with E-state index in [9.17, 15) is 4.79 Å². The number of unbranched alkanes of at least 4 members (excludes halogenated alkanes) is 11. The Labute approximate surface area is 149 Å². The van der Waals surface area contributed by atoms with Crippen LogP contribution in [0.5, 0.6) is 0 Å². The van der Waals surface area contributed by atoms with Gasteiger partial charge in [-0.05, 0) is 12.8 Å². The Kier molecular flexibility index (Phi) is 18.2. The molecule has 0 aromatic heterocycles. The fourth-order valence-electron chi connectivity index (χ4n) is 2.50. The summed E-state index contributed by atoms with van der Waals surface area (Å²) in [7, 11) is 0. The zero-order valence-corrected chi connectivity index (χ0v) is 15.5. The van der Waals surface area contributed by atoms with Crippen LogP contribution in [0.3, 0.4) is 0 Å². The molecule has 2 nitrogen and oxygen atoms in total. The first kappa shape index (κ1) is 22.4. The molecule has 0 fully saturated rings. The highest BCUT2D eigenvalue weighted by Gasteiger charge is 1.92. The first-order valence-corrected chi connectivity index (χ1v) is 9.67. The first-order chi connectivity index (χ1) is 11.8. The first-order valence-electron chi connectivity index (χ1n) is 9.67. The molecule has 0 radical (unpaired) electrons. The van der Waals surface area contributed by atoms with Gasteiger partial charge in [0, 0.05) is 6.08 Å². The van der Waals surface area contributed by atoms with Crippen molar-refractivity contribution in [3.8, 4) is 0 Å². The van der Waals surface area contributed by atoms with Gasteiger partial charge in [0.1, 0.15) is 0 Å². The molecule has 0 amide bonds. The number of aliphatic carboxylic acids is 1. The maximum atomic E-state index is 10.2. The summed E-state index contributed by atoms with van der Waals surface area (Å²) in [6, 6.07) is 0. The van der Waals surface area contributed by atoms with Gasteiger partial charge in [-0.1, -0.05) is 114 Å². The second-order valence-corrected chi connectivity index (χ2v) is 6.22. The van der Waals surface area contributed by atoms with E-state index in [-0.39, 0.29) is 0 Å². The number of carbonyl (C=O) groups is 1. The summed E-state index contributed by atoms with van der Waals surface area (Å²) in [5.41, 5.74) is 0. The van der Waals surface area contributed by atoms with Gasteiger partial charge in [-0.3, -0.25) is 0 Å². The fourth-order valence-corrected chi connectivity index (χ4v) is 2.50. The van der Waals surface area contributed by atoms with Crippen molar-refractivity contribution in [3.63, 3.8) is 0 Å². The van der Waals surface area contributed by atoms with Crippen LogP contribution >= 0.6 is 0 Å². The third-order valence-corrected chi connectivity index (χ3v) is 3.90. The zero-order chi connectivity index (χ0) is 17.7. The molecule has 0 aliphatic heterocycles.